The zero-order valence-corrected chi connectivity index (χ0v) is 11.7. The summed E-state index contributed by atoms with van der Waals surface area (Å²) < 4.78 is 0. The van der Waals surface area contributed by atoms with Crippen LogP contribution in [0, 0.1) is 5.92 Å². The third-order valence-corrected chi connectivity index (χ3v) is 4.31. The van der Waals surface area contributed by atoms with Crippen molar-refractivity contribution in [1.82, 2.24) is 4.90 Å². The molecule has 100 valence electrons. The summed E-state index contributed by atoms with van der Waals surface area (Å²) in [7, 11) is 2.27. The van der Waals surface area contributed by atoms with E-state index in [9.17, 15) is 0 Å². The number of hydrogen-bond donors (Lipinski definition) is 1. The van der Waals surface area contributed by atoms with Gasteiger partial charge in [-0.05, 0) is 62.8 Å². The lowest BCUT2D eigenvalue weighted by atomic mass is 9.86. The van der Waals surface area contributed by atoms with Crippen LogP contribution >= 0.6 is 0 Å². The van der Waals surface area contributed by atoms with Crippen molar-refractivity contribution >= 4 is 5.69 Å². The van der Waals surface area contributed by atoms with Crippen LogP contribution in [-0.4, -0.2) is 24.5 Å². The van der Waals surface area contributed by atoms with Crippen LogP contribution in [0.25, 0.3) is 0 Å². The van der Waals surface area contributed by atoms with Crippen molar-refractivity contribution in [3.63, 3.8) is 0 Å². The summed E-state index contributed by atoms with van der Waals surface area (Å²) in [5.74, 6) is 0.934. The standard InChI is InChI=1S/C16H26N2/c1-13-6-8-16(9-7-13)18(2)11-10-14-4-3-5-15(17)12-14/h3-5,12-13,16H,6-11,17H2,1-2H3. The Morgan fingerprint density at radius 1 is 1.22 bits per heavy atom. The van der Waals surface area contributed by atoms with Crippen LogP contribution in [0.1, 0.15) is 38.2 Å². The van der Waals surface area contributed by atoms with E-state index < -0.39 is 0 Å². The topological polar surface area (TPSA) is 29.3 Å². The molecule has 1 fully saturated rings. The monoisotopic (exact) mass is 246 g/mol. The fourth-order valence-electron chi connectivity index (χ4n) is 2.92. The van der Waals surface area contributed by atoms with E-state index in [1.54, 1.807) is 0 Å². The van der Waals surface area contributed by atoms with Crippen LogP contribution in [0.15, 0.2) is 24.3 Å². The number of rotatable bonds is 4. The molecule has 2 nitrogen and oxygen atoms in total. The highest BCUT2D eigenvalue weighted by molar-refractivity contribution is 5.40. The van der Waals surface area contributed by atoms with Gasteiger partial charge in [0.2, 0.25) is 0 Å². The van der Waals surface area contributed by atoms with E-state index >= 15 is 0 Å². The molecule has 0 spiro atoms. The second-order valence-corrected chi connectivity index (χ2v) is 5.89. The number of hydrogen-bond acceptors (Lipinski definition) is 2. The van der Waals surface area contributed by atoms with Gasteiger partial charge in [0.1, 0.15) is 0 Å². The summed E-state index contributed by atoms with van der Waals surface area (Å²) in [5.41, 5.74) is 8.04. The van der Waals surface area contributed by atoms with Crippen molar-refractivity contribution in [2.45, 2.75) is 45.1 Å². The Labute approximate surface area is 111 Å². The summed E-state index contributed by atoms with van der Waals surface area (Å²) in [6.45, 7) is 3.52. The third kappa shape index (κ3) is 3.74. The van der Waals surface area contributed by atoms with E-state index in [1.165, 1.54) is 31.2 Å². The van der Waals surface area contributed by atoms with Gasteiger partial charge in [-0.1, -0.05) is 19.1 Å². The molecule has 1 aromatic rings. The second kappa shape index (κ2) is 6.24. The molecular formula is C16H26N2. The molecule has 18 heavy (non-hydrogen) atoms. The molecule has 0 radical (unpaired) electrons. The molecule has 1 saturated carbocycles. The first kappa shape index (κ1) is 13.4. The molecule has 0 amide bonds. The average molecular weight is 246 g/mol. The summed E-state index contributed by atoms with van der Waals surface area (Å²) >= 11 is 0. The Morgan fingerprint density at radius 3 is 2.61 bits per heavy atom. The molecule has 0 unspecified atom stereocenters. The van der Waals surface area contributed by atoms with Crippen molar-refractivity contribution < 1.29 is 0 Å². The normalized spacial score (nSPS) is 24.4. The fourth-order valence-corrected chi connectivity index (χ4v) is 2.92. The van der Waals surface area contributed by atoms with Gasteiger partial charge in [0.05, 0.1) is 0 Å². The minimum Gasteiger partial charge on any atom is -0.399 e. The van der Waals surface area contributed by atoms with E-state index in [-0.39, 0.29) is 0 Å². The minimum atomic E-state index is 0.794. The molecule has 0 aliphatic heterocycles. The van der Waals surface area contributed by atoms with Gasteiger partial charge >= 0.3 is 0 Å². The van der Waals surface area contributed by atoms with Gasteiger partial charge in [-0.2, -0.15) is 0 Å². The van der Waals surface area contributed by atoms with Gasteiger partial charge in [-0.25, -0.2) is 0 Å². The highest BCUT2D eigenvalue weighted by Gasteiger charge is 2.21. The van der Waals surface area contributed by atoms with Crippen molar-refractivity contribution in [3.8, 4) is 0 Å². The van der Waals surface area contributed by atoms with Crippen molar-refractivity contribution in [2.24, 2.45) is 5.92 Å². The smallest absolute Gasteiger partial charge is 0.0316 e. The first-order chi connectivity index (χ1) is 8.65. The Morgan fingerprint density at radius 2 is 1.94 bits per heavy atom. The largest absolute Gasteiger partial charge is 0.399 e. The van der Waals surface area contributed by atoms with Crippen LogP contribution in [-0.2, 0) is 6.42 Å². The van der Waals surface area contributed by atoms with Gasteiger partial charge in [0.15, 0.2) is 0 Å². The molecule has 2 N–H and O–H groups in total. The van der Waals surface area contributed by atoms with Gasteiger partial charge in [-0.15, -0.1) is 0 Å². The number of nitrogen functional groups attached to an aromatic ring is 1. The maximum Gasteiger partial charge on any atom is 0.0316 e. The van der Waals surface area contributed by atoms with Crippen LogP contribution in [0.4, 0.5) is 5.69 Å². The average Bonchev–Trinajstić information content (AvgIpc) is 2.37. The molecule has 1 aliphatic carbocycles. The molecule has 0 heterocycles. The van der Waals surface area contributed by atoms with E-state index in [2.05, 4.69) is 31.0 Å². The van der Waals surface area contributed by atoms with Gasteiger partial charge in [-0.3, -0.25) is 0 Å². The first-order valence-electron chi connectivity index (χ1n) is 7.20. The van der Waals surface area contributed by atoms with Gasteiger partial charge < -0.3 is 10.6 Å². The maximum absolute atomic E-state index is 5.81. The lowest BCUT2D eigenvalue weighted by Crippen LogP contribution is -2.36. The Hall–Kier alpha value is -1.02. The highest BCUT2D eigenvalue weighted by atomic mass is 15.1. The Kier molecular flexibility index (Phi) is 4.65. The van der Waals surface area contributed by atoms with Crippen LogP contribution in [0.3, 0.4) is 0 Å². The maximum atomic E-state index is 5.81. The Balaban J connectivity index is 1.79. The molecule has 1 aromatic carbocycles. The van der Waals surface area contributed by atoms with Crippen molar-refractivity contribution in [1.29, 1.82) is 0 Å². The number of likely N-dealkylation sites (N-methyl/N-ethyl adjacent to an activating group) is 1. The zero-order valence-electron chi connectivity index (χ0n) is 11.7. The van der Waals surface area contributed by atoms with Crippen LogP contribution < -0.4 is 5.73 Å². The fraction of sp³-hybridized carbons (Fsp3) is 0.625. The summed E-state index contributed by atoms with van der Waals surface area (Å²) in [6.07, 6.45) is 6.64. The Bertz CT molecular complexity index is 367. The molecule has 2 heteroatoms. The lowest BCUT2D eigenvalue weighted by Gasteiger charge is -2.33. The summed E-state index contributed by atoms with van der Waals surface area (Å²) in [5, 5.41) is 0. The molecule has 0 aromatic heterocycles. The molecule has 2 rings (SSSR count). The number of nitrogens with two attached hydrogens (primary N) is 1. The number of anilines is 1. The predicted octanol–water partition coefficient (Wildman–Crippen LogP) is 3.32. The third-order valence-electron chi connectivity index (χ3n) is 4.31. The van der Waals surface area contributed by atoms with Gasteiger partial charge in [0.25, 0.3) is 0 Å². The number of nitrogens with zero attached hydrogens (tertiary/aromatic N) is 1. The minimum absolute atomic E-state index is 0.794. The lowest BCUT2D eigenvalue weighted by molar-refractivity contribution is 0.172. The second-order valence-electron chi connectivity index (χ2n) is 5.89. The zero-order chi connectivity index (χ0) is 13.0. The quantitative estimate of drug-likeness (QED) is 0.826. The van der Waals surface area contributed by atoms with Crippen molar-refractivity contribution in [3.05, 3.63) is 29.8 Å². The molecule has 0 bridgehead atoms. The molecule has 0 atom stereocenters. The van der Waals surface area contributed by atoms with Crippen LogP contribution in [0.2, 0.25) is 0 Å². The van der Waals surface area contributed by atoms with Crippen molar-refractivity contribution in [2.75, 3.05) is 19.3 Å². The molecular weight excluding hydrogens is 220 g/mol. The van der Waals surface area contributed by atoms with Crippen LogP contribution in [0.5, 0.6) is 0 Å². The summed E-state index contributed by atoms with van der Waals surface area (Å²) in [6, 6.07) is 9.06. The summed E-state index contributed by atoms with van der Waals surface area (Å²) in [4.78, 5) is 2.54. The molecule has 1 aliphatic rings. The van der Waals surface area contributed by atoms with E-state index in [0.717, 1.165) is 30.6 Å². The molecule has 0 saturated heterocycles. The number of benzene rings is 1. The predicted molar refractivity (Wildman–Crippen MR) is 78.6 cm³/mol. The van der Waals surface area contributed by atoms with E-state index in [0.29, 0.717) is 0 Å². The van der Waals surface area contributed by atoms with E-state index in [1.807, 2.05) is 12.1 Å². The van der Waals surface area contributed by atoms with E-state index in [4.69, 9.17) is 5.73 Å². The highest BCUT2D eigenvalue weighted by Crippen LogP contribution is 2.26. The van der Waals surface area contributed by atoms with Gasteiger partial charge in [0, 0.05) is 18.3 Å². The SMILES string of the molecule is CC1CCC(N(C)CCc2cccc(N)c2)CC1. The first-order valence-corrected chi connectivity index (χ1v) is 7.20.